The zero-order valence-electron chi connectivity index (χ0n) is 15.3. The number of hydrogen-bond acceptors (Lipinski definition) is 4. The fourth-order valence-electron chi connectivity index (χ4n) is 2.72. The van der Waals surface area contributed by atoms with E-state index in [1.165, 1.54) is 0 Å². The van der Waals surface area contributed by atoms with Crippen LogP contribution in [-0.4, -0.2) is 28.7 Å². The Kier molecular flexibility index (Phi) is 6.08. The van der Waals surface area contributed by atoms with Crippen LogP contribution in [0.2, 0.25) is 0 Å². The predicted octanol–water partition coefficient (Wildman–Crippen LogP) is 3.29. The Morgan fingerprint density at radius 3 is 2.20 bits per heavy atom. The molecule has 0 atom stereocenters. The molecular formula is C19H25NO4S. The van der Waals surface area contributed by atoms with Gasteiger partial charge in [-0.3, -0.25) is 0 Å². The van der Waals surface area contributed by atoms with Crippen LogP contribution in [0.25, 0.3) is 0 Å². The van der Waals surface area contributed by atoms with Crippen molar-refractivity contribution in [2.45, 2.75) is 32.6 Å². The lowest BCUT2D eigenvalue weighted by Crippen LogP contribution is -2.29. The second-order valence-electron chi connectivity index (χ2n) is 6.09. The molecule has 0 radical (unpaired) electrons. The molecule has 0 amide bonds. The van der Waals surface area contributed by atoms with Crippen molar-refractivity contribution < 1.29 is 17.9 Å². The highest BCUT2D eigenvalue weighted by molar-refractivity contribution is 7.89. The van der Waals surface area contributed by atoms with Gasteiger partial charge in [0.1, 0.15) is 18.1 Å². The number of hydrogen-bond donors (Lipinski definition) is 1. The summed E-state index contributed by atoms with van der Waals surface area (Å²) in [5.41, 5.74) is 3.72. The molecule has 2 aromatic rings. The molecule has 25 heavy (non-hydrogen) atoms. The van der Waals surface area contributed by atoms with Gasteiger partial charge in [0.2, 0.25) is 10.0 Å². The minimum atomic E-state index is -3.59. The van der Waals surface area contributed by atoms with E-state index in [4.69, 9.17) is 9.47 Å². The lowest BCUT2D eigenvalue weighted by atomic mass is 10.1. The van der Waals surface area contributed by atoms with E-state index in [1.807, 2.05) is 32.9 Å². The average molecular weight is 363 g/mol. The van der Waals surface area contributed by atoms with Crippen molar-refractivity contribution in [1.82, 2.24) is 4.72 Å². The summed E-state index contributed by atoms with van der Waals surface area (Å²) in [6.07, 6.45) is 0. The first-order valence-electron chi connectivity index (χ1n) is 8.09. The van der Waals surface area contributed by atoms with Gasteiger partial charge in [-0.25, -0.2) is 13.1 Å². The van der Waals surface area contributed by atoms with Gasteiger partial charge in [-0.15, -0.1) is 0 Å². The van der Waals surface area contributed by atoms with E-state index in [0.29, 0.717) is 11.3 Å². The highest BCUT2D eigenvalue weighted by Gasteiger charge is 2.19. The van der Waals surface area contributed by atoms with Crippen molar-refractivity contribution in [3.8, 4) is 11.5 Å². The molecule has 0 saturated heterocycles. The second kappa shape index (κ2) is 7.89. The van der Waals surface area contributed by atoms with Crippen molar-refractivity contribution in [3.05, 3.63) is 52.6 Å². The maximum absolute atomic E-state index is 12.5. The van der Waals surface area contributed by atoms with E-state index in [1.54, 1.807) is 26.2 Å². The number of methoxy groups -OCH3 is 1. The first kappa shape index (κ1) is 19.3. The van der Waals surface area contributed by atoms with E-state index < -0.39 is 10.0 Å². The maximum atomic E-state index is 12.5. The van der Waals surface area contributed by atoms with Gasteiger partial charge in [-0.05, 0) is 74.2 Å². The Morgan fingerprint density at radius 1 is 0.960 bits per heavy atom. The van der Waals surface area contributed by atoms with Gasteiger partial charge in [0.05, 0.1) is 12.0 Å². The van der Waals surface area contributed by atoms with Crippen molar-refractivity contribution in [2.75, 3.05) is 20.3 Å². The third kappa shape index (κ3) is 4.74. The van der Waals surface area contributed by atoms with E-state index in [-0.39, 0.29) is 18.0 Å². The number of benzene rings is 2. The number of ether oxygens (including phenoxy) is 2. The average Bonchev–Trinajstić information content (AvgIpc) is 2.53. The highest BCUT2D eigenvalue weighted by Crippen LogP contribution is 2.26. The number of rotatable bonds is 7. The Morgan fingerprint density at radius 2 is 1.60 bits per heavy atom. The molecule has 1 N–H and O–H groups in total. The summed E-state index contributed by atoms with van der Waals surface area (Å²) in [6, 6.07) is 9.15. The Balaban J connectivity index is 2.01. The lowest BCUT2D eigenvalue weighted by molar-refractivity contribution is 0.322. The molecule has 6 heteroatoms. The number of nitrogens with one attached hydrogen (secondary N) is 1. The Labute approximate surface area is 150 Å². The number of sulfonamides is 1. The van der Waals surface area contributed by atoms with E-state index in [2.05, 4.69) is 10.8 Å². The third-order valence-corrected chi connectivity index (χ3v) is 5.66. The van der Waals surface area contributed by atoms with Crippen molar-refractivity contribution in [3.63, 3.8) is 0 Å². The van der Waals surface area contributed by atoms with Crippen LogP contribution in [0.15, 0.2) is 35.2 Å². The first-order valence-corrected chi connectivity index (χ1v) is 9.58. The fraction of sp³-hybridized carbons (Fsp3) is 0.368. The second-order valence-corrected chi connectivity index (χ2v) is 7.82. The predicted molar refractivity (Wildman–Crippen MR) is 99.1 cm³/mol. The van der Waals surface area contributed by atoms with Crippen LogP contribution >= 0.6 is 0 Å². The molecule has 5 nitrogen and oxygen atoms in total. The summed E-state index contributed by atoms with van der Waals surface area (Å²) in [7, 11) is -2.03. The van der Waals surface area contributed by atoms with Gasteiger partial charge in [-0.2, -0.15) is 0 Å². The van der Waals surface area contributed by atoms with Gasteiger partial charge in [0, 0.05) is 6.54 Å². The van der Waals surface area contributed by atoms with Crippen LogP contribution in [0.5, 0.6) is 11.5 Å². The smallest absolute Gasteiger partial charge is 0.240 e. The molecule has 0 aliphatic carbocycles. The monoisotopic (exact) mass is 363 g/mol. The fourth-order valence-corrected chi connectivity index (χ4v) is 4.03. The van der Waals surface area contributed by atoms with Crippen LogP contribution < -0.4 is 14.2 Å². The van der Waals surface area contributed by atoms with Gasteiger partial charge >= 0.3 is 0 Å². The SMILES string of the molecule is COc1ccc(S(=O)(=O)NCCOc2cc(C)cc(C)c2)c(C)c1C. The summed E-state index contributed by atoms with van der Waals surface area (Å²) < 4.78 is 38.5. The summed E-state index contributed by atoms with van der Waals surface area (Å²) in [5.74, 6) is 1.42. The number of aryl methyl sites for hydroxylation is 2. The minimum absolute atomic E-state index is 0.194. The molecule has 0 unspecified atom stereocenters. The zero-order chi connectivity index (χ0) is 18.6. The van der Waals surface area contributed by atoms with E-state index in [0.717, 1.165) is 22.4 Å². The molecule has 0 saturated carbocycles. The molecule has 2 aromatic carbocycles. The third-order valence-electron chi connectivity index (χ3n) is 4.06. The van der Waals surface area contributed by atoms with Crippen LogP contribution in [0, 0.1) is 27.7 Å². The van der Waals surface area contributed by atoms with Crippen molar-refractivity contribution in [2.24, 2.45) is 0 Å². The molecule has 0 aliphatic rings. The molecule has 0 aliphatic heterocycles. The highest BCUT2D eigenvalue weighted by atomic mass is 32.2. The van der Waals surface area contributed by atoms with Crippen LogP contribution in [0.3, 0.4) is 0 Å². The molecule has 136 valence electrons. The van der Waals surface area contributed by atoms with Crippen LogP contribution in [-0.2, 0) is 10.0 Å². The molecule has 0 spiro atoms. The molecule has 2 rings (SSSR count). The maximum Gasteiger partial charge on any atom is 0.240 e. The zero-order valence-corrected chi connectivity index (χ0v) is 16.2. The summed E-state index contributed by atoms with van der Waals surface area (Å²) in [5, 5.41) is 0. The van der Waals surface area contributed by atoms with E-state index in [9.17, 15) is 8.42 Å². The summed E-state index contributed by atoms with van der Waals surface area (Å²) in [6.45, 7) is 8.07. The summed E-state index contributed by atoms with van der Waals surface area (Å²) in [4.78, 5) is 0.261. The first-order chi connectivity index (χ1) is 11.7. The molecule has 0 aromatic heterocycles. The van der Waals surface area contributed by atoms with Gasteiger partial charge < -0.3 is 9.47 Å². The quantitative estimate of drug-likeness (QED) is 0.767. The Hall–Kier alpha value is -2.05. The molecular weight excluding hydrogens is 338 g/mol. The standard InChI is InChI=1S/C19H25NO4S/c1-13-10-14(2)12-17(11-13)24-9-8-20-25(21,22)19-7-6-18(23-5)15(3)16(19)4/h6-7,10-12,20H,8-9H2,1-5H3. The topological polar surface area (TPSA) is 64.6 Å². The van der Waals surface area contributed by atoms with Gasteiger partial charge in [-0.1, -0.05) is 6.07 Å². The molecule has 0 fully saturated rings. The summed E-state index contributed by atoms with van der Waals surface area (Å²) >= 11 is 0. The van der Waals surface area contributed by atoms with Gasteiger partial charge in [0.25, 0.3) is 0 Å². The largest absolute Gasteiger partial charge is 0.496 e. The van der Waals surface area contributed by atoms with Crippen molar-refractivity contribution >= 4 is 10.0 Å². The Bertz CT molecular complexity index is 840. The van der Waals surface area contributed by atoms with Crippen LogP contribution in [0.4, 0.5) is 0 Å². The molecule has 0 heterocycles. The van der Waals surface area contributed by atoms with Gasteiger partial charge in [0.15, 0.2) is 0 Å². The van der Waals surface area contributed by atoms with E-state index >= 15 is 0 Å². The van der Waals surface area contributed by atoms with Crippen LogP contribution in [0.1, 0.15) is 22.3 Å². The lowest BCUT2D eigenvalue weighted by Gasteiger charge is -2.14. The minimum Gasteiger partial charge on any atom is -0.496 e. The molecule has 0 bridgehead atoms. The van der Waals surface area contributed by atoms with Crippen molar-refractivity contribution in [1.29, 1.82) is 0 Å². The normalized spacial score (nSPS) is 11.4.